The fourth-order valence-electron chi connectivity index (χ4n) is 7.74. The smallest absolute Gasteiger partial charge is 0.237 e. The van der Waals surface area contributed by atoms with E-state index in [1.165, 1.54) is 0 Å². The van der Waals surface area contributed by atoms with Crippen LogP contribution in [0.1, 0.15) is 111 Å². The summed E-state index contributed by atoms with van der Waals surface area (Å²) in [5.74, 6) is 4.61. The first-order valence-electron chi connectivity index (χ1n) is 17.5. The topological polar surface area (TPSA) is 102 Å². The predicted molar refractivity (Wildman–Crippen MR) is 172 cm³/mol. The first-order chi connectivity index (χ1) is 21.5. The van der Waals surface area contributed by atoms with Gasteiger partial charge in [-0.25, -0.2) is 13.8 Å². The molecule has 7 atom stereocenters. The van der Waals surface area contributed by atoms with Gasteiger partial charge in [-0.3, -0.25) is 19.8 Å². The third-order valence-corrected chi connectivity index (χ3v) is 9.88. The minimum absolute atomic E-state index is 0.0486. The summed E-state index contributed by atoms with van der Waals surface area (Å²) in [6, 6.07) is -0.766. The van der Waals surface area contributed by atoms with E-state index in [1.807, 2.05) is 18.7 Å². The van der Waals surface area contributed by atoms with Crippen LogP contribution in [0.25, 0.3) is 0 Å². The number of rotatable bonds is 14. The second-order valence-corrected chi connectivity index (χ2v) is 13.9. The molecular formula is C35H58F2N4O4. The molecule has 3 rings (SSSR count). The van der Waals surface area contributed by atoms with Gasteiger partial charge in [0.05, 0.1) is 12.1 Å². The lowest BCUT2D eigenvalue weighted by Gasteiger charge is -2.37. The number of carbonyl (C=O) groups is 3. The Bertz CT molecular complexity index is 997. The number of amides is 3. The van der Waals surface area contributed by atoms with Crippen LogP contribution in [-0.4, -0.2) is 83.9 Å². The maximum Gasteiger partial charge on any atom is 0.237 e. The van der Waals surface area contributed by atoms with Gasteiger partial charge in [0.15, 0.2) is 0 Å². The molecule has 3 amide bonds. The summed E-state index contributed by atoms with van der Waals surface area (Å²) in [4.78, 5) is 42.1. The van der Waals surface area contributed by atoms with E-state index in [2.05, 4.69) is 22.6 Å². The fourth-order valence-corrected chi connectivity index (χ4v) is 7.74. The van der Waals surface area contributed by atoms with Gasteiger partial charge in [0.2, 0.25) is 17.7 Å². The highest BCUT2D eigenvalue weighted by atomic mass is 19.1. The number of nitrogens with zero attached hydrogens (tertiary/aromatic N) is 2. The average molecular weight is 637 g/mol. The van der Waals surface area contributed by atoms with Crippen LogP contribution in [-0.2, 0) is 14.4 Å². The van der Waals surface area contributed by atoms with Crippen molar-refractivity contribution in [3.8, 4) is 11.8 Å². The van der Waals surface area contributed by atoms with Crippen molar-refractivity contribution in [2.45, 2.75) is 135 Å². The molecule has 7 unspecified atom stereocenters. The van der Waals surface area contributed by atoms with Crippen LogP contribution >= 0.6 is 0 Å². The first kappa shape index (κ1) is 37.2. The summed E-state index contributed by atoms with van der Waals surface area (Å²) in [6.07, 6.45) is 5.03. The Morgan fingerprint density at radius 2 is 1.49 bits per heavy atom. The van der Waals surface area contributed by atoms with Crippen molar-refractivity contribution in [3.05, 3.63) is 0 Å². The SMILES string of the molecule is CC#CC1CC(C(=O)NC(CC2CC(F)CC(F)C2)C(O)CN(C)NC(=O)C2CCCCC2)CC(C(=O)N(CCC)CCC)C1. The van der Waals surface area contributed by atoms with Crippen molar-refractivity contribution in [1.29, 1.82) is 0 Å². The Kier molecular flexibility index (Phi) is 15.5. The molecule has 3 aliphatic carbocycles. The van der Waals surface area contributed by atoms with Crippen LogP contribution in [0.2, 0.25) is 0 Å². The van der Waals surface area contributed by atoms with Crippen molar-refractivity contribution >= 4 is 17.7 Å². The quantitative estimate of drug-likeness (QED) is 0.185. The van der Waals surface area contributed by atoms with Gasteiger partial charge in [0, 0.05) is 56.8 Å². The number of alkyl halides is 2. The molecule has 3 fully saturated rings. The van der Waals surface area contributed by atoms with Gasteiger partial charge in [-0.05, 0) is 77.0 Å². The molecular weight excluding hydrogens is 578 g/mol. The minimum atomic E-state index is -1.25. The highest BCUT2D eigenvalue weighted by Crippen LogP contribution is 2.36. The molecule has 0 aromatic carbocycles. The lowest BCUT2D eigenvalue weighted by Crippen LogP contribution is -2.54. The van der Waals surface area contributed by atoms with E-state index in [1.54, 1.807) is 19.0 Å². The summed E-state index contributed by atoms with van der Waals surface area (Å²) in [6.45, 7) is 7.26. The maximum atomic E-state index is 14.3. The number of hydrazine groups is 1. The molecule has 0 saturated heterocycles. The van der Waals surface area contributed by atoms with Crippen LogP contribution < -0.4 is 10.7 Å². The van der Waals surface area contributed by atoms with Gasteiger partial charge in [0.25, 0.3) is 0 Å². The molecule has 10 heteroatoms. The summed E-state index contributed by atoms with van der Waals surface area (Å²) in [7, 11) is 1.68. The Morgan fingerprint density at radius 3 is 2.09 bits per heavy atom. The van der Waals surface area contributed by atoms with Crippen molar-refractivity contribution in [2.75, 3.05) is 26.7 Å². The van der Waals surface area contributed by atoms with Crippen LogP contribution in [0, 0.1) is 41.4 Å². The number of aliphatic hydroxyl groups is 1. The number of halogens is 2. The summed E-state index contributed by atoms with van der Waals surface area (Å²) >= 11 is 0. The normalized spacial score (nSPS) is 28.8. The number of hydrogen-bond donors (Lipinski definition) is 3. The molecule has 0 spiro atoms. The summed E-state index contributed by atoms with van der Waals surface area (Å²) < 4.78 is 28.7. The summed E-state index contributed by atoms with van der Waals surface area (Å²) in [5, 5.41) is 16.0. The van der Waals surface area contributed by atoms with E-state index in [9.17, 15) is 28.3 Å². The average Bonchev–Trinajstić information content (AvgIpc) is 3.00. The van der Waals surface area contributed by atoms with Crippen LogP contribution in [0.3, 0.4) is 0 Å². The Morgan fingerprint density at radius 1 is 0.867 bits per heavy atom. The predicted octanol–water partition coefficient (Wildman–Crippen LogP) is 4.95. The van der Waals surface area contributed by atoms with Gasteiger partial charge >= 0.3 is 0 Å². The molecule has 0 aliphatic heterocycles. The fraction of sp³-hybridized carbons (Fsp3) is 0.857. The third-order valence-electron chi connectivity index (χ3n) is 9.88. The van der Waals surface area contributed by atoms with Crippen molar-refractivity contribution in [2.24, 2.45) is 29.6 Å². The van der Waals surface area contributed by atoms with Crippen LogP contribution in [0.5, 0.6) is 0 Å². The number of hydrogen-bond acceptors (Lipinski definition) is 5. The Labute approximate surface area is 269 Å². The van der Waals surface area contributed by atoms with Gasteiger partial charge in [-0.15, -0.1) is 11.8 Å². The van der Waals surface area contributed by atoms with Crippen LogP contribution in [0.15, 0.2) is 0 Å². The highest BCUT2D eigenvalue weighted by molar-refractivity contribution is 5.83. The monoisotopic (exact) mass is 636 g/mol. The Balaban J connectivity index is 1.73. The van der Waals surface area contributed by atoms with Crippen molar-refractivity contribution < 1.29 is 28.3 Å². The third kappa shape index (κ3) is 11.8. The molecule has 0 aromatic heterocycles. The van der Waals surface area contributed by atoms with Crippen molar-refractivity contribution in [1.82, 2.24) is 20.7 Å². The molecule has 3 aliphatic rings. The number of aliphatic hydroxyl groups excluding tert-OH is 1. The van der Waals surface area contributed by atoms with Gasteiger partial charge in [-0.2, -0.15) is 0 Å². The minimum Gasteiger partial charge on any atom is -0.390 e. The highest BCUT2D eigenvalue weighted by Gasteiger charge is 2.39. The molecule has 0 aromatic rings. The molecule has 8 nitrogen and oxygen atoms in total. The molecule has 45 heavy (non-hydrogen) atoms. The molecule has 3 saturated carbocycles. The molecule has 0 bridgehead atoms. The van der Waals surface area contributed by atoms with Gasteiger partial charge in [-0.1, -0.05) is 33.1 Å². The Hall–Kier alpha value is -2.25. The lowest BCUT2D eigenvalue weighted by atomic mass is 9.74. The molecule has 256 valence electrons. The zero-order valence-electron chi connectivity index (χ0n) is 28.0. The van der Waals surface area contributed by atoms with Gasteiger partial charge in [0.1, 0.15) is 12.3 Å². The van der Waals surface area contributed by atoms with Gasteiger partial charge < -0.3 is 15.3 Å². The number of likely N-dealkylation sites (N-methyl/N-ethyl adjacent to an activating group) is 1. The number of nitrogens with one attached hydrogen (secondary N) is 2. The molecule has 0 radical (unpaired) electrons. The maximum absolute atomic E-state index is 14.3. The van der Waals surface area contributed by atoms with E-state index >= 15 is 0 Å². The largest absolute Gasteiger partial charge is 0.390 e. The zero-order chi connectivity index (χ0) is 32.9. The van der Waals surface area contributed by atoms with E-state index < -0.39 is 30.4 Å². The standard InChI is InChI=1S/C35H58F2N4O4/c1-5-11-24-16-27(21-28(17-24)35(45)41(14-6-2)15-7-3)33(43)38-31(20-25-18-29(36)22-30(37)19-25)32(42)23-40(4)39-34(44)26-12-9-8-10-13-26/h24-32,42H,6-10,12-23H2,1-4H3,(H,38,43)(H,39,44). The van der Waals surface area contributed by atoms with E-state index in [0.717, 1.165) is 44.9 Å². The van der Waals surface area contributed by atoms with E-state index in [0.29, 0.717) is 32.4 Å². The molecule has 3 N–H and O–H groups in total. The lowest BCUT2D eigenvalue weighted by molar-refractivity contribution is -0.139. The summed E-state index contributed by atoms with van der Waals surface area (Å²) in [5.41, 5.74) is 2.88. The second kappa shape index (κ2) is 18.8. The first-order valence-corrected chi connectivity index (χ1v) is 17.5. The molecule has 0 heterocycles. The van der Waals surface area contributed by atoms with Crippen molar-refractivity contribution in [3.63, 3.8) is 0 Å². The van der Waals surface area contributed by atoms with Crippen LogP contribution in [0.4, 0.5) is 8.78 Å². The second-order valence-electron chi connectivity index (χ2n) is 13.9. The number of carbonyl (C=O) groups excluding carboxylic acids is 3. The zero-order valence-corrected chi connectivity index (χ0v) is 28.0. The van der Waals surface area contributed by atoms with E-state index in [4.69, 9.17) is 0 Å². The van der Waals surface area contributed by atoms with E-state index in [-0.39, 0.29) is 73.6 Å².